The maximum atomic E-state index is 11.0. The SMILES string of the molecule is COc1cccc(Nc2ccc(C(N)=O)cc2N)c1. The van der Waals surface area contributed by atoms with E-state index in [1.54, 1.807) is 25.3 Å². The van der Waals surface area contributed by atoms with E-state index < -0.39 is 5.91 Å². The van der Waals surface area contributed by atoms with Crippen molar-refractivity contribution in [3.05, 3.63) is 48.0 Å². The number of nitrogens with two attached hydrogens (primary N) is 2. The molecule has 0 radical (unpaired) electrons. The first-order valence-corrected chi connectivity index (χ1v) is 5.70. The number of anilines is 3. The number of amides is 1. The van der Waals surface area contributed by atoms with Crippen LogP contribution in [0.15, 0.2) is 42.5 Å². The molecule has 0 unspecified atom stereocenters. The third-order valence-electron chi connectivity index (χ3n) is 2.68. The standard InChI is InChI=1S/C14H15N3O2/c1-19-11-4-2-3-10(8-11)17-13-6-5-9(14(16)18)7-12(13)15/h2-8,17H,15H2,1H3,(H2,16,18). The fourth-order valence-electron chi connectivity index (χ4n) is 1.69. The number of nitrogen functional groups attached to an aromatic ring is 1. The third-order valence-corrected chi connectivity index (χ3v) is 2.68. The number of benzene rings is 2. The maximum Gasteiger partial charge on any atom is 0.248 e. The normalized spacial score (nSPS) is 9.95. The second-order valence-corrected chi connectivity index (χ2v) is 4.02. The first kappa shape index (κ1) is 12.8. The Morgan fingerprint density at radius 2 is 2.00 bits per heavy atom. The zero-order valence-electron chi connectivity index (χ0n) is 10.5. The first-order chi connectivity index (χ1) is 9.10. The molecule has 5 N–H and O–H groups in total. The number of nitrogens with one attached hydrogen (secondary N) is 1. The van der Waals surface area contributed by atoms with Crippen LogP contribution in [0.25, 0.3) is 0 Å². The van der Waals surface area contributed by atoms with Gasteiger partial charge in [0, 0.05) is 17.3 Å². The predicted molar refractivity (Wildman–Crippen MR) is 75.6 cm³/mol. The Kier molecular flexibility index (Phi) is 3.56. The lowest BCUT2D eigenvalue weighted by Crippen LogP contribution is -2.11. The Morgan fingerprint density at radius 3 is 2.63 bits per heavy atom. The molecule has 0 saturated carbocycles. The zero-order valence-corrected chi connectivity index (χ0v) is 10.5. The van der Waals surface area contributed by atoms with Crippen molar-refractivity contribution >= 4 is 23.0 Å². The number of hydrogen-bond acceptors (Lipinski definition) is 4. The second-order valence-electron chi connectivity index (χ2n) is 4.02. The van der Waals surface area contributed by atoms with Gasteiger partial charge in [0.15, 0.2) is 0 Å². The Hall–Kier alpha value is -2.69. The quantitative estimate of drug-likeness (QED) is 0.732. The molecule has 0 spiro atoms. The smallest absolute Gasteiger partial charge is 0.248 e. The van der Waals surface area contributed by atoms with Gasteiger partial charge in [-0.1, -0.05) is 6.07 Å². The molecule has 0 atom stereocenters. The van der Waals surface area contributed by atoms with Crippen LogP contribution in [-0.2, 0) is 0 Å². The fourth-order valence-corrected chi connectivity index (χ4v) is 1.69. The lowest BCUT2D eigenvalue weighted by molar-refractivity contribution is 0.100. The second kappa shape index (κ2) is 5.30. The van der Waals surface area contributed by atoms with E-state index in [1.807, 2.05) is 24.3 Å². The molecule has 2 rings (SSSR count). The van der Waals surface area contributed by atoms with Crippen molar-refractivity contribution in [1.82, 2.24) is 0 Å². The lowest BCUT2D eigenvalue weighted by Gasteiger charge is -2.11. The van der Waals surface area contributed by atoms with Crippen LogP contribution < -0.4 is 21.5 Å². The highest BCUT2D eigenvalue weighted by Crippen LogP contribution is 2.26. The van der Waals surface area contributed by atoms with Crippen molar-refractivity contribution in [2.45, 2.75) is 0 Å². The molecule has 0 aliphatic rings. The maximum absolute atomic E-state index is 11.0. The van der Waals surface area contributed by atoms with Gasteiger partial charge in [-0.2, -0.15) is 0 Å². The Bertz CT molecular complexity index is 611. The van der Waals surface area contributed by atoms with Crippen LogP contribution in [0.3, 0.4) is 0 Å². The summed E-state index contributed by atoms with van der Waals surface area (Å²) in [6.45, 7) is 0. The molecule has 5 nitrogen and oxygen atoms in total. The average Bonchev–Trinajstić information content (AvgIpc) is 2.41. The van der Waals surface area contributed by atoms with E-state index in [4.69, 9.17) is 16.2 Å². The van der Waals surface area contributed by atoms with Crippen LogP contribution in [-0.4, -0.2) is 13.0 Å². The predicted octanol–water partition coefficient (Wildman–Crippen LogP) is 2.12. The van der Waals surface area contributed by atoms with E-state index in [2.05, 4.69) is 5.32 Å². The van der Waals surface area contributed by atoms with Crippen molar-refractivity contribution < 1.29 is 9.53 Å². The van der Waals surface area contributed by atoms with Crippen LogP contribution in [0, 0.1) is 0 Å². The summed E-state index contributed by atoms with van der Waals surface area (Å²) >= 11 is 0. The minimum absolute atomic E-state index is 0.383. The number of carbonyl (C=O) groups excluding carboxylic acids is 1. The van der Waals surface area contributed by atoms with Gasteiger partial charge in [-0.25, -0.2) is 0 Å². The van der Waals surface area contributed by atoms with Gasteiger partial charge in [0.05, 0.1) is 18.5 Å². The van der Waals surface area contributed by atoms with Gasteiger partial charge in [0.25, 0.3) is 0 Å². The number of ether oxygens (including phenoxy) is 1. The summed E-state index contributed by atoms with van der Waals surface area (Å²) < 4.78 is 5.14. The largest absolute Gasteiger partial charge is 0.497 e. The van der Waals surface area contributed by atoms with Crippen LogP contribution in [0.2, 0.25) is 0 Å². The van der Waals surface area contributed by atoms with E-state index in [1.165, 1.54) is 0 Å². The van der Waals surface area contributed by atoms with Gasteiger partial charge in [-0.05, 0) is 30.3 Å². The molecule has 1 amide bonds. The zero-order chi connectivity index (χ0) is 13.8. The molecular formula is C14H15N3O2. The fraction of sp³-hybridized carbons (Fsp3) is 0.0714. The number of rotatable bonds is 4. The molecule has 0 aliphatic heterocycles. The van der Waals surface area contributed by atoms with Gasteiger partial charge >= 0.3 is 0 Å². The molecule has 2 aromatic carbocycles. The molecule has 0 bridgehead atoms. The summed E-state index contributed by atoms with van der Waals surface area (Å²) in [7, 11) is 1.61. The number of primary amides is 1. The number of hydrogen-bond donors (Lipinski definition) is 3. The Labute approximate surface area is 111 Å². The van der Waals surface area contributed by atoms with Gasteiger partial charge in [0.2, 0.25) is 5.91 Å². The molecule has 98 valence electrons. The summed E-state index contributed by atoms with van der Waals surface area (Å²) in [6, 6.07) is 12.4. The van der Waals surface area contributed by atoms with E-state index in [9.17, 15) is 4.79 Å². The van der Waals surface area contributed by atoms with E-state index in [0.717, 1.165) is 11.4 Å². The van der Waals surface area contributed by atoms with E-state index in [-0.39, 0.29) is 0 Å². The molecule has 0 aliphatic carbocycles. The monoisotopic (exact) mass is 257 g/mol. The highest BCUT2D eigenvalue weighted by atomic mass is 16.5. The molecule has 19 heavy (non-hydrogen) atoms. The topological polar surface area (TPSA) is 90.4 Å². The van der Waals surface area contributed by atoms with Gasteiger partial charge in [0.1, 0.15) is 5.75 Å². The summed E-state index contributed by atoms with van der Waals surface area (Å²) in [6.07, 6.45) is 0. The summed E-state index contributed by atoms with van der Waals surface area (Å²) in [4.78, 5) is 11.0. The van der Waals surface area contributed by atoms with Crippen molar-refractivity contribution in [3.8, 4) is 5.75 Å². The van der Waals surface area contributed by atoms with Crippen LogP contribution in [0.4, 0.5) is 17.1 Å². The summed E-state index contributed by atoms with van der Waals surface area (Å²) in [5.41, 5.74) is 13.5. The molecule has 5 heteroatoms. The van der Waals surface area contributed by atoms with Crippen molar-refractivity contribution in [2.75, 3.05) is 18.2 Å². The molecular weight excluding hydrogens is 242 g/mol. The van der Waals surface area contributed by atoms with Gasteiger partial charge in [-0.3, -0.25) is 4.79 Å². The number of carbonyl (C=O) groups is 1. The van der Waals surface area contributed by atoms with Crippen molar-refractivity contribution in [2.24, 2.45) is 5.73 Å². The van der Waals surface area contributed by atoms with Crippen molar-refractivity contribution in [1.29, 1.82) is 0 Å². The van der Waals surface area contributed by atoms with Crippen LogP contribution >= 0.6 is 0 Å². The van der Waals surface area contributed by atoms with E-state index in [0.29, 0.717) is 16.9 Å². The molecule has 2 aromatic rings. The van der Waals surface area contributed by atoms with E-state index >= 15 is 0 Å². The summed E-state index contributed by atoms with van der Waals surface area (Å²) in [5.74, 6) is 0.247. The van der Waals surface area contributed by atoms with Gasteiger partial charge < -0.3 is 21.5 Å². The molecule has 0 aromatic heterocycles. The minimum Gasteiger partial charge on any atom is -0.497 e. The van der Waals surface area contributed by atoms with Crippen LogP contribution in [0.1, 0.15) is 10.4 Å². The Morgan fingerprint density at radius 1 is 1.21 bits per heavy atom. The highest BCUT2D eigenvalue weighted by Gasteiger charge is 2.05. The first-order valence-electron chi connectivity index (χ1n) is 5.70. The molecule has 0 heterocycles. The lowest BCUT2D eigenvalue weighted by atomic mass is 10.1. The minimum atomic E-state index is -0.500. The average molecular weight is 257 g/mol. The highest BCUT2D eigenvalue weighted by molar-refractivity contribution is 5.95. The van der Waals surface area contributed by atoms with Crippen LogP contribution in [0.5, 0.6) is 5.75 Å². The summed E-state index contributed by atoms with van der Waals surface area (Å²) in [5, 5.41) is 3.16. The number of methoxy groups -OCH3 is 1. The molecule has 0 saturated heterocycles. The molecule has 0 fully saturated rings. The van der Waals surface area contributed by atoms with Gasteiger partial charge in [-0.15, -0.1) is 0 Å². The Balaban J connectivity index is 2.25. The third kappa shape index (κ3) is 2.95. The van der Waals surface area contributed by atoms with Crippen molar-refractivity contribution in [3.63, 3.8) is 0 Å².